The molecule has 0 aromatic heterocycles. The van der Waals surface area contributed by atoms with Crippen molar-refractivity contribution in [3.05, 3.63) is 53.1 Å². The zero-order chi connectivity index (χ0) is 22.3. The number of benzene rings is 2. The number of hydrogen-bond donors (Lipinski definition) is 0. The third-order valence-electron chi connectivity index (χ3n) is 4.76. The molecule has 7 heteroatoms. The van der Waals surface area contributed by atoms with Crippen LogP contribution in [0.25, 0.3) is 0 Å². The van der Waals surface area contributed by atoms with E-state index in [1.165, 1.54) is 0 Å². The quantitative estimate of drug-likeness (QED) is 0.517. The molecule has 0 unspecified atom stereocenters. The molecule has 0 radical (unpaired) electrons. The van der Waals surface area contributed by atoms with Crippen LogP contribution in [0.3, 0.4) is 0 Å². The third kappa shape index (κ3) is 5.08. The molecule has 0 saturated carbocycles. The molecule has 0 heterocycles. The van der Waals surface area contributed by atoms with Crippen LogP contribution in [0.15, 0.2) is 46.9 Å². The van der Waals surface area contributed by atoms with E-state index in [-0.39, 0.29) is 5.75 Å². The summed E-state index contributed by atoms with van der Waals surface area (Å²) in [7, 11) is 1.26. The average molecular weight is 435 g/mol. The first-order valence-electron chi connectivity index (χ1n) is 9.68. The summed E-state index contributed by atoms with van der Waals surface area (Å²) in [5.41, 5.74) is 2.46. The highest BCUT2D eigenvalue weighted by atomic mass is 32.2. The number of methoxy groups -OCH3 is 3. The molecule has 0 saturated heterocycles. The van der Waals surface area contributed by atoms with Crippen LogP contribution in [-0.4, -0.2) is 42.1 Å². The zero-order valence-corrected chi connectivity index (χ0v) is 19.3. The summed E-state index contributed by atoms with van der Waals surface area (Å²) in [6.45, 7) is 6.10. The van der Waals surface area contributed by atoms with Crippen LogP contribution < -0.4 is 18.9 Å². The molecular formula is C23H30O6S. The number of allylic oxidation sites excluding steroid dienone is 1. The van der Waals surface area contributed by atoms with Crippen molar-refractivity contribution in [2.45, 2.75) is 32.1 Å². The summed E-state index contributed by atoms with van der Waals surface area (Å²) in [6, 6.07) is 8.46. The summed E-state index contributed by atoms with van der Waals surface area (Å²) in [6.07, 6.45) is 2.36. The first-order chi connectivity index (χ1) is 14.3. The molecule has 30 heavy (non-hydrogen) atoms. The second-order valence-electron chi connectivity index (χ2n) is 6.79. The Morgan fingerprint density at radius 3 is 2.03 bits per heavy atom. The van der Waals surface area contributed by atoms with E-state index in [2.05, 4.69) is 0 Å². The van der Waals surface area contributed by atoms with Crippen LogP contribution in [-0.2, 0) is 16.3 Å². The highest BCUT2D eigenvalue weighted by Crippen LogP contribution is 2.49. The molecule has 2 aromatic carbocycles. The molecule has 0 N–H and O–H groups in total. The van der Waals surface area contributed by atoms with Gasteiger partial charge in [-0.2, -0.15) is 0 Å². The average Bonchev–Trinajstić information content (AvgIpc) is 2.74. The van der Waals surface area contributed by atoms with Gasteiger partial charge in [0.2, 0.25) is 11.5 Å². The van der Waals surface area contributed by atoms with Crippen LogP contribution >= 0.6 is 0 Å². The lowest BCUT2D eigenvalue weighted by Gasteiger charge is -2.22. The van der Waals surface area contributed by atoms with E-state index in [4.69, 9.17) is 18.9 Å². The number of sulfone groups is 1. The topological polar surface area (TPSA) is 71.1 Å². The molecule has 0 bridgehead atoms. The summed E-state index contributed by atoms with van der Waals surface area (Å²) >= 11 is 0. The lowest BCUT2D eigenvalue weighted by molar-refractivity contribution is 0.284. The van der Waals surface area contributed by atoms with Crippen LogP contribution in [0.4, 0.5) is 0 Å². The fourth-order valence-corrected chi connectivity index (χ4v) is 4.77. The highest BCUT2D eigenvalue weighted by Gasteiger charge is 2.25. The lowest BCUT2D eigenvalue weighted by atomic mass is 10.0. The van der Waals surface area contributed by atoms with Gasteiger partial charge >= 0.3 is 0 Å². The Morgan fingerprint density at radius 1 is 0.933 bits per heavy atom. The number of rotatable bonds is 10. The van der Waals surface area contributed by atoms with Crippen molar-refractivity contribution in [1.29, 1.82) is 0 Å². The van der Waals surface area contributed by atoms with Gasteiger partial charge in [0.25, 0.3) is 0 Å². The van der Waals surface area contributed by atoms with Gasteiger partial charge in [0, 0.05) is 11.1 Å². The van der Waals surface area contributed by atoms with Crippen LogP contribution in [0.5, 0.6) is 23.0 Å². The van der Waals surface area contributed by atoms with E-state index in [0.717, 1.165) is 16.7 Å². The van der Waals surface area contributed by atoms with E-state index >= 15 is 0 Å². The van der Waals surface area contributed by atoms with Gasteiger partial charge in [0.1, 0.15) is 0 Å². The molecular weight excluding hydrogens is 404 g/mol. The van der Waals surface area contributed by atoms with Gasteiger partial charge in [-0.3, -0.25) is 0 Å². The van der Waals surface area contributed by atoms with Crippen molar-refractivity contribution >= 4 is 9.84 Å². The molecule has 0 aliphatic heterocycles. The maximum absolute atomic E-state index is 12.6. The van der Waals surface area contributed by atoms with E-state index < -0.39 is 9.84 Å². The predicted octanol–water partition coefficient (Wildman–Crippen LogP) is 4.38. The first-order valence-corrected chi connectivity index (χ1v) is 11.3. The van der Waals surface area contributed by atoms with Crippen molar-refractivity contribution in [1.82, 2.24) is 0 Å². The first kappa shape index (κ1) is 23.6. The van der Waals surface area contributed by atoms with E-state index in [0.29, 0.717) is 40.9 Å². The maximum atomic E-state index is 12.6. The SMILES string of the molecule is CCOc1c(C)c(C/C=C(\C)CS(=O)(=O)c2ccccc2)c(OC)c(OC)c1OC. The van der Waals surface area contributed by atoms with E-state index in [1.807, 2.05) is 26.8 Å². The molecule has 0 atom stereocenters. The molecule has 2 aromatic rings. The summed E-state index contributed by atoms with van der Waals surface area (Å²) in [5.74, 6) is 2.02. The van der Waals surface area contributed by atoms with Crippen molar-refractivity contribution in [2.24, 2.45) is 0 Å². The van der Waals surface area contributed by atoms with Crippen LogP contribution in [0, 0.1) is 6.92 Å². The summed E-state index contributed by atoms with van der Waals surface area (Å²) < 4.78 is 47.8. The number of hydrogen-bond acceptors (Lipinski definition) is 6. The Hall–Kier alpha value is -2.67. The Balaban J connectivity index is 2.43. The van der Waals surface area contributed by atoms with E-state index in [1.54, 1.807) is 51.7 Å². The van der Waals surface area contributed by atoms with Gasteiger partial charge in [0.05, 0.1) is 38.6 Å². The Morgan fingerprint density at radius 2 is 1.50 bits per heavy atom. The van der Waals surface area contributed by atoms with Crippen molar-refractivity contribution in [3.63, 3.8) is 0 Å². The maximum Gasteiger partial charge on any atom is 0.207 e. The smallest absolute Gasteiger partial charge is 0.207 e. The lowest BCUT2D eigenvalue weighted by Crippen LogP contribution is -2.08. The van der Waals surface area contributed by atoms with Crippen molar-refractivity contribution in [3.8, 4) is 23.0 Å². The molecule has 2 rings (SSSR count). The van der Waals surface area contributed by atoms with Gasteiger partial charge in [-0.25, -0.2) is 8.42 Å². The summed E-state index contributed by atoms with van der Waals surface area (Å²) in [5, 5.41) is 0. The highest BCUT2D eigenvalue weighted by molar-refractivity contribution is 7.91. The third-order valence-corrected chi connectivity index (χ3v) is 6.59. The van der Waals surface area contributed by atoms with Crippen LogP contribution in [0.1, 0.15) is 25.0 Å². The zero-order valence-electron chi connectivity index (χ0n) is 18.4. The Bertz CT molecular complexity index is 994. The Labute approximate surface area is 179 Å². The van der Waals surface area contributed by atoms with E-state index in [9.17, 15) is 8.42 Å². The minimum Gasteiger partial charge on any atom is -0.492 e. The normalized spacial score (nSPS) is 11.9. The fourth-order valence-electron chi connectivity index (χ4n) is 3.32. The fraction of sp³-hybridized carbons (Fsp3) is 0.391. The van der Waals surface area contributed by atoms with Gasteiger partial charge in [-0.1, -0.05) is 29.8 Å². The second kappa shape index (κ2) is 10.4. The standard InChI is InChI=1S/C23H30O6S/c1-7-29-20-17(3)19(21(26-4)23(28-6)22(20)27-5)14-13-16(2)15-30(24,25)18-11-9-8-10-12-18/h8-13H,7,14-15H2,1-6H3/b16-13+. The minimum absolute atomic E-state index is 0.0516. The second-order valence-corrected chi connectivity index (χ2v) is 8.78. The molecule has 0 spiro atoms. The monoisotopic (exact) mass is 434 g/mol. The minimum atomic E-state index is -3.40. The van der Waals surface area contributed by atoms with Crippen molar-refractivity contribution in [2.75, 3.05) is 33.7 Å². The van der Waals surface area contributed by atoms with Crippen LogP contribution in [0.2, 0.25) is 0 Å². The molecule has 0 amide bonds. The predicted molar refractivity (Wildman–Crippen MR) is 118 cm³/mol. The molecule has 164 valence electrons. The van der Waals surface area contributed by atoms with Gasteiger partial charge in [-0.15, -0.1) is 0 Å². The van der Waals surface area contributed by atoms with Gasteiger partial charge < -0.3 is 18.9 Å². The van der Waals surface area contributed by atoms with Gasteiger partial charge in [0.15, 0.2) is 21.3 Å². The Kier molecular flexibility index (Phi) is 8.17. The van der Waals surface area contributed by atoms with Crippen molar-refractivity contribution < 1.29 is 27.4 Å². The molecule has 0 aliphatic rings. The molecule has 0 fully saturated rings. The summed E-state index contributed by atoms with van der Waals surface area (Å²) in [4.78, 5) is 0.316. The molecule has 0 aliphatic carbocycles. The molecule has 6 nitrogen and oxygen atoms in total. The largest absolute Gasteiger partial charge is 0.492 e. The van der Waals surface area contributed by atoms with Gasteiger partial charge in [-0.05, 0) is 39.3 Å². The number of ether oxygens (including phenoxy) is 4.